The van der Waals surface area contributed by atoms with Gasteiger partial charge < -0.3 is 9.64 Å². The van der Waals surface area contributed by atoms with Crippen LogP contribution in [0.1, 0.15) is 41.3 Å². The van der Waals surface area contributed by atoms with Crippen LogP contribution in [0.4, 0.5) is 5.69 Å². The van der Waals surface area contributed by atoms with Crippen LogP contribution in [0.25, 0.3) is 0 Å². The Morgan fingerprint density at radius 2 is 1.83 bits per heavy atom. The number of carbonyl (C=O) groups excluding carboxylic acids is 2. The SMILES string of the molecule is Cc1ccc(C(=O)O[C@@H](C)C(=O)N2CCC(Cc3ccccc3)CC2)cc1[N+](=O)[O-]. The number of carbonyl (C=O) groups is 2. The number of amides is 1. The number of ether oxygens (including phenoxy) is 1. The van der Waals surface area contributed by atoms with Crippen molar-refractivity contribution in [2.24, 2.45) is 5.92 Å². The van der Waals surface area contributed by atoms with E-state index in [9.17, 15) is 19.7 Å². The zero-order valence-electron chi connectivity index (χ0n) is 17.2. The molecule has 2 aromatic carbocycles. The van der Waals surface area contributed by atoms with Gasteiger partial charge in [-0.15, -0.1) is 0 Å². The topological polar surface area (TPSA) is 89.8 Å². The van der Waals surface area contributed by atoms with Gasteiger partial charge in [-0.1, -0.05) is 36.4 Å². The van der Waals surface area contributed by atoms with Crippen LogP contribution in [0, 0.1) is 23.0 Å². The van der Waals surface area contributed by atoms with Crippen molar-refractivity contribution < 1.29 is 19.2 Å². The second kappa shape index (κ2) is 9.52. The third kappa shape index (κ3) is 5.23. The lowest BCUT2D eigenvalue weighted by atomic mass is 9.90. The van der Waals surface area contributed by atoms with E-state index >= 15 is 0 Å². The Balaban J connectivity index is 1.53. The molecule has 0 saturated carbocycles. The highest BCUT2D eigenvalue weighted by atomic mass is 16.6. The van der Waals surface area contributed by atoms with E-state index in [4.69, 9.17) is 4.74 Å². The first-order valence-electron chi connectivity index (χ1n) is 10.1. The third-order valence-corrected chi connectivity index (χ3v) is 5.57. The van der Waals surface area contributed by atoms with Gasteiger partial charge in [-0.05, 0) is 50.7 Å². The van der Waals surface area contributed by atoms with Gasteiger partial charge in [0.05, 0.1) is 10.5 Å². The Labute approximate surface area is 175 Å². The molecule has 7 heteroatoms. The number of hydrogen-bond donors (Lipinski definition) is 0. The summed E-state index contributed by atoms with van der Waals surface area (Å²) in [5, 5.41) is 11.1. The van der Waals surface area contributed by atoms with Crippen molar-refractivity contribution in [3.8, 4) is 0 Å². The quantitative estimate of drug-likeness (QED) is 0.409. The summed E-state index contributed by atoms with van der Waals surface area (Å²) in [5.41, 5.74) is 1.67. The molecule has 0 N–H and O–H groups in total. The molecule has 0 spiro atoms. The number of aryl methyl sites for hydroxylation is 1. The Bertz CT molecular complexity index is 920. The van der Waals surface area contributed by atoms with Crippen LogP contribution in [0.5, 0.6) is 0 Å². The standard InChI is InChI=1S/C23H26N2O5/c1-16-8-9-20(15-21(16)25(28)29)23(27)30-17(2)22(26)24-12-10-19(11-13-24)14-18-6-4-3-5-7-18/h3-9,15,17,19H,10-14H2,1-2H3/t17-/m0/s1. The molecule has 1 amide bonds. The van der Waals surface area contributed by atoms with Crippen LogP contribution in [0.15, 0.2) is 48.5 Å². The zero-order chi connectivity index (χ0) is 21.7. The minimum Gasteiger partial charge on any atom is -0.449 e. The Hall–Kier alpha value is -3.22. The first kappa shape index (κ1) is 21.5. The average molecular weight is 410 g/mol. The number of esters is 1. The van der Waals surface area contributed by atoms with Crippen LogP contribution in [0.3, 0.4) is 0 Å². The van der Waals surface area contributed by atoms with Crippen LogP contribution >= 0.6 is 0 Å². The van der Waals surface area contributed by atoms with Gasteiger partial charge in [0.25, 0.3) is 11.6 Å². The number of likely N-dealkylation sites (tertiary alicyclic amines) is 1. The monoisotopic (exact) mass is 410 g/mol. The van der Waals surface area contributed by atoms with Crippen molar-refractivity contribution >= 4 is 17.6 Å². The zero-order valence-corrected chi connectivity index (χ0v) is 17.2. The first-order chi connectivity index (χ1) is 14.3. The van der Waals surface area contributed by atoms with E-state index in [0.717, 1.165) is 19.3 Å². The maximum atomic E-state index is 12.7. The number of nitro benzene ring substituents is 1. The summed E-state index contributed by atoms with van der Waals surface area (Å²) in [5.74, 6) is -0.441. The van der Waals surface area contributed by atoms with E-state index in [-0.39, 0.29) is 17.2 Å². The number of piperidine rings is 1. The molecule has 0 radical (unpaired) electrons. The first-order valence-corrected chi connectivity index (χ1v) is 10.1. The molecule has 30 heavy (non-hydrogen) atoms. The lowest BCUT2D eigenvalue weighted by Gasteiger charge is -2.33. The molecule has 0 bridgehead atoms. The van der Waals surface area contributed by atoms with Gasteiger partial charge in [-0.25, -0.2) is 4.79 Å². The highest BCUT2D eigenvalue weighted by Crippen LogP contribution is 2.23. The highest BCUT2D eigenvalue weighted by Gasteiger charge is 2.28. The van der Waals surface area contributed by atoms with E-state index in [2.05, 4.69) is 12.1 Å². The molecule has 3 rings (SSSR count). The van der Waals surface area contributed by atoms with E-state index in [1.807, 2.05) is 18.2 Å². The van der Waals surface area contributed by atoms with E-state index in [0.29, 0.717) is 24.6 Å². The molecule has 1 atom stereocenters. The molecular weight excluding hydrogens is 384 g/mol. The second-order valence-corrected chi connectivity index (χ2v) is 7.76. The fourth-order valence-corrected chi connectivity index (χ4v) is 3.77. The molecule has 2 aromatic rings. The predicted octanol–water partition coefficient (Wildman–Crippen LogP) is 3.93. The fourth-order valence-electron chi connectivity index (χ4n) is 3.77. The summed E-state index contributed by atoms with van der Waals surface area (Å²) in [6.07, 6.45) is 1.87. The Morgan fingerprint density at radius 1 is 1.17 bits per heavy atom. The smallest absolute Gasteiger partial charge is 0.339 e. The molecule has 0 aliphatic carbocycles. The normalized spacial score (nSPS) is 15.5. The van der Waals surface area contributed by atoms with E-state index in [1.54, 1.807) is 18.7 Å². The van der Waals surface area contributed by atoms with Gasteiger partial charge in [0.2, 0.25) is 0 Å². The Morgan fingerprint density at radius 3 is 2.47 bits per heavy atom. The Kier molecular flexibility index (Phi) is 6.82. The van der Waals surface area contributed by atoms with E-state index in [1.165, 1.54) is 23.8 Å². The molecule has 7 nitrogen and oxygen atoms in total. The van der Waals surface area contributed by atoms with Crippen LogP contribution in [0.2, 0.25) is 0 Å². The third-order valence-electron chi connectivity index (χ3n) is 5.57. The van der Waals surface area contributed by atoms with Gasteiger partial charge in [0, 0.05) is 24.7 Å². The maximum absolute atomic E-state index is 12.7. The van der Waals surface area contributed by atoms with Crippen molar-refractivity contribution in [2.45, 2.75) is 39.2 Å². The fraction of sp³-hybridized carbons (Fsp3) is 0.391. The van der Waals surface area contributed by atoms with Crippen LogP contribution < -0.4 is 0 Å². The summed E-state index contributed by atoms with van der Waals surface area (Å²) in [6.45, 7) is 4.40. The molecule has 1 fully saturated rings. The lowest BCUT2D eigenvalue weighted by molar-refractivity contribution is -0.385. The summed E-state index contributed by atoms with van der Waals surface area (Å²) in [6, 6.07) is 14.5. The molecule has 1 saturated heterocycles. The molecule has 1 heterocycles. The summed E-state index contributed by atoms with van der Waals surface area (Å²) in [4.78, 5) is 37.3. The van der Waals surface area contributed by atoms with Crippen molar-refractivity contribution in [3.05, 3.63) is 75.3 Å². The highest BCUT2D eigenvalue weighted by molar-refractivity contribution is 5.93. The number of rotatable bonds is 6. The van der Waals surface area contributed by atoms with E-state index < -0.39 is 17.0 Å². The number of hydrogen-bond acceptors (Lipinski definition) is 5. The minimum absolute atomic E-state index is 0.0634. The van der Waals surface area contributed by atoms with Gasteiger partial charge in [-0.2, -0.15) is 0 Å². The van der Waals surface area contributed by atoms with Crippen molar-refractivity contribution in [1.29, 1.82) is 0 Å². The molecule has 158 valence electrons. The lowest BCUT2D eigenvalue weighted by Crippen LogP contribution is -2.44. The molecular formula is C23H26N2O5. The summed E-state index contributed by atoms with van der Waals surface area (Å²) < 4.78 is 5.30. The molecule has 1 aliphatic heterocycles. The van der Waals surface area contributed by atoms with Crippen LogP contribution in [-0.4, -0.2) is 40.9 Å². The van der Waals surface area contributed by atoms with Gasteiger partial charge in [-0.3, -0.25) is 14.9 Å². The number of benzene rings is 2. The molecule has 0 aromatic heterocycles. The summed E-state index contributed by atoms with van der Waals surface area (Å²) in [7, 11) is 0. The predicted molar refractivity (Wildman–Crippen MR) is 112 cm³/mol. The second-order valence-electron chi connectivity index (χ2n) is 7.76. The minimum atomic E-state index is -0.941. The average Bonchev–Trinajstić information content (AvgIpc) is 2.74. The van der Waals surface area contributed by atoms with Gasteiger partial charge in [0.15, 0.2) is 6.10 Å². The van der Waals surface area contributed by atoms with Gasteiger partial charge in [0.1, 0.15) is 0 Å². The number of nitro groups is 1. The number of nitrogens with zero attached hydrogens (tertiary/aromatic N) is 2. The summed E-state index contributed by atoms with van der Waals surface area (Å²) >= 11 is 0. The maximum Gasteiger partial charge on any atom is 0.339 e. The van der Waals surface area contributed by atoms with Gasteiger partial charge >= 0.3 is 5.97 Å². The van der Waals surface area contributed by atoms with Crippen molar-refractivity contribution in [1.82, 2.24) is 4.90 Å². The van der Waals surface area contributed by atoms with Crippen LogP contribution in [-0.2, 0) is 16.0 Å². The molecule has 0 unspecified atom stereocenters. The van der Waals surface area contributed by atoms with Crippen molar-refractivity contribution in [3.63, 3.8) is 0 Å². The largest absolute Gasteiger partial charge is 0.449 e. The van der Waals surface area contributed by atoms with Crippen molar-refractivity contribution in [2.75, 3.05) is 13.1 Å². The molecule has 1 aliphatic rings.